The van der Waals surface area contributed by atoms with Crippen LogP contribution >= 0.6 is 11.8 Å². The lowest BCUT2D eigenvalue weighted by atomic mass is 9.97. The van der Waals surface area contributed by atoms with E-state index in [0.29, 0.717) is 0 Å². The van der Waals surface area contributed by atoms with Gasteiger partial charge in [0.15, 0.2) is 0 Å². The Morgan fingerprint density at radius 2 is 1.69 bits per heavy atom. The van der Waals surface area contributed by atoms with Gasteiger partial charge >= 0.3 is 0 Å². The first-order valence-electron chi connectivity index (χ1n) is 6.68. The highest BCUT2D eigenvalue weighted by Crippen LogP contribution is 2.17. The molecule has 0 fully saturated rings. The summed E-state index contributed by atoms with van der Waals surface area (Å²) in [7, 11) is 1.82. The first-order chi connectivity index (χ1) is 7.70. The van der Waals surface area contributed by atoms with E-state index in [4.69, 9.17) is 4.74 Å². The average molecular weight is 246 g/mol. The molecule has 0 aliphatic carbocycles. The molecule has 0 saturated carbocycles. The van der Waals surface area contributed by atoms with Crippen molar-refractivity contribution in [3.8, 4) is 0 Å². The van der Waals surface area contributed by atoms with Crippen LogP contribution < -0.4 is 0 Å². The summed E-state index contributed by atoms with van der Waals surface area (Å²) in [4.78, 5) is 0. The minimum atomic E-state index is 0.788. The molecule has 98 valence electrons. The fourth-order valence-electron chi connectivity index (χ4n) is 1.99. The molecule has 0 aliphatic heterocycles. The normalized spacial score (nSPS) is 13.3. The van der Waals surface area contributed by atoms with Crippen LogP contribution in [0.1, 0.15) is 52.4 Å². The Labute approximate surface area is 107 Å². The zero-order valence-corrected chi connectivity index (χ0v) is 12.4. The van der Waals surface area contributed by atoms with Gasteiger partial charge in [0.05, 0.1) is 0 Å². The van der Waals surface area contributed by atoms with Gasteiger partial charge in [-0.2, -0.15) is 11.8 Å². The SMILES string of the molecule is COC[C@H](CCCCCC(C)C)CCSC. The Hall–Kier alpha value is 0.310. The topological polar surface area (TPSA) is 9.23 Å². The molecule has 0 saturated heterocycles. The molecule has 16 heavy (non-hydrogen) atoms. The van der Waals surface area contributed by atoms with Crippen molar-refractivity contribution in [2.75, 3.05) is 25.7 Å². The number of hydrogen-bond acceptors (Lipinski definition) is 2. The van der Waals surface area contributed by atoms with E-state index in [9.17, 15) is 0 Å². The standard InChI is InChI=1S/C14H30OS/c1-13(2)8-6-5-7-9-14(12-15-3)10-11-16-4/h13-14H,5-12H2,1-4H3/t14-/m1/s1. The predicted octanol–water partition coefficient (Wildman–Crippen LogP) is 4.61. The van der Waals surface area contributed by atoms with Crippen molar-refractivity contribution in [3.05, 3.63) is 0 Å². The maximum atomic E-state index is 5.29. The summed E-state index contributed by atoms with van der Waals surface area (Å²) >= 11 is 1.95. The molecule has 0 unspecified atom stereocenters. The van der Waals surface area contributed by atoms with Crippen LogP contribution in [0.25, 0.3) is 0 Å². The first-order valence-corrected chi connectivity index (χ1v) is 8.08. The number of thioether (sulfide) groups is 1. The van der Waals surface area contributed by atoms with Gasteiger partial charge in [0, 0.05) is 13.7 Å². The summed E-state index contributed by atoms with van der Waals surface area (Å²) in [6.07, 6.45) is 10.4. The van der Waals surface area contributed by atoms with Gasteiger partial charge in [-0.05, 0) is 36.7 Å². The second-order valence-electron chi connectivity index (χ2n) is 5.13. The van der Waals surface area contributed by atoms with Crippen molar-refractivity contribution in [1.82, 2.24) is 0 Å². The Morgan fingerprint density at radius 1 is 1.00 bits per heavy atom. The van der Waals surface area contributed by atoms with Crippen molar-refractivity contribution in [3.63, 3.8) is 0 Å². The van der Waals surface area contributed by atoms with Crippen LogP contribution in [0, 0.1) is 11.8 Å². The van der Waals surface area contributed by atoms with Gasteiger partial charge in [-0.1, -0.05) is 39.5 Å². The predicted molar refractivity (Wildman–Crippen MR) is 76.3 cm³/mol. The van der Waals surface area contributed by atoms with Gasteiger partial charge in [-0.25, -0.2) is 0 Å². The van der Waals surface area contributed by atoms with Crippen LogP contribution in [0.5, 0.6) is 0 Å². The highest BCUT2D eigenvalue weighted by atomic mass is 32.2. The summed E-state index contributed by atoms with van der Waals surface area (Å²) in [5, 5.41) is 0. The molecule has 2 heteroatoms. The third-order valence-corrected chi connectivity index (χ3v) is 3.67. The lowest BCUT2D eigenvalue weighted by molar-refractivity contribution is 0.144. The van der Waals surface area contributed by atoms with E-state index >= 15 is 0 Å². The second-order valence-corrected chi connectivity index (χ2v) is 6.12. The zero-order chi connectivity index (χ0) is 12.2. The molecular weight excluding hydrogens is 216 g/mol. The average Bonchev–Trinajstić information content (AvgIpc) is 2.24. The van der Waals surface area contributed by atoms with Crippen molar-refractivity contribution < 1.29 is 4.74 Å². The molecule has 0 aromatic rings. The number of hydrogen-bond donors (Lipinski definition) is 0. The van der Waals surface area contributed by atoms with E-state index in [1.54, 1.807) is 0 Å². The molecule has 1 atom stereocenters. The molecule has 0 heterocycles. The Kier molecular flexibility index (Phi) is 12.0. The molecule has 0 aromatic heterocycles. The van der Waals surface area contributed by atoms with Crippen molar-refractivity contribution >= 4 is 11.8 Å². The second kappa shape index (κ2) is 11.8. The molecule has 0 bridgehead atoms. The summed E-state index contributed by atoms with van der Waals surface area (Å²) in [6, 6.07) is 0. The molecule has 0 aromatic carbocycles. The maximum absolute atomic E-state index is 5.29. The van der Waals surface area contributed by atoms with Crippen molar-refractivity contribution in [2.45, 2.75) is 52.4 Å². The fourth-order valence-corrected chi connectivity index (χ4v) is 2.56. The lowest BCUT2D eigenvalue weighted by Gasteiger charge is -2.15. The fraction of sp³-hybridized carbons (Fsp3) is 1.00. The molecule has 0 spiro atoms. The van der Waals surface area contributed by atoms with Gasteiger partial charge in [0.2, 0.25) is 0 Å². The third-order valence-electron chi connectivity index (χ3n) is 3.03. The van der Waals surface area contributed by atoms with Crippen LogP contribution in [-0.2, 0) is 4.74 Å². The minimum absolute atomic E-state index is 0.788. The molecule has 0 N–H and O–H groups in total. The van der Waals surface area contributed by atoms with Gasteiger partial charge in [0.25, 0.3) is 0 Å². The minimum Gasteiger partial charge on any atom is -0.384 e. The largest absolute Gasteiger partial charge is 0.384 e. The zero-order valence-electron chi connectivity index (χ0n) is 11.6. The molecule has 0 amide bonds. The van der Waals surface area contributed by atoms with E-state index in [-0.39, 0.29) is 0 Å². The molecule has 0 radical (unpaired) electrons. The molecule has 0 aliphatic rings. The van der Waals surface area contributed by atoms with Gasteiger partial charge < -0.3 is 4.74 Å². The van der Waals surface area contributed by atoms with E-state index in [1.807, 2.05) is 18.9 Å². The maximum Gasteiger partial charge on any atom is 0.0490 e. The van der Waals surface area contributed by atoms with E-state index < -0.39 is 0 Å². The highest BCUT2D eigenvalue weighted by Gasteiger charge is 2.07. The number of methoxy groups -OCH3 is 1. The van der Waals surface area contributed by atoms with E-state index in [2.05, 4.69) is 20.1 Å². The number of ether oxygens (including phenoxy) is 1. The first kappa shape index (κ1) is 16.3. The lowest BCUT2D eigenvalue weighted by Crippen LogP contribution is -2.09. The van der Waals surface area contributed by atoms with Gasteiger partial charge in [-0.15, -0.1) is 0 Å². The quantitative estimate of drug-likeness (QED) is 0.492. The van der Waals surface area contributed by atoms with E-state index in [0.717, 1.165) is 18.4 Å². The van der Waals surface area contributed by atoms with Crippen LogP contribution in [0.2, 0.25) is 0 Å². The summed E-state index contributed by atoms with van der Waals surface area (Å²) in [5.41, 5.74) is 0. The molecular formula is C14H30OS. The monoisotopic (exact) mass is 246 g/mol. The summed E-state index contributed by atoms with van der Waals surface area (Å²) in [5.74, 6) is 2.93. The third kappa shape index (κ3) is 10.8. The van der Waals surface area contributed by atoms with Crippen LogP contribution in [0.15, 0.2) is 0 Å². The highest BCUT2D eigenvalue weighted by molar-refractivity contribution is 7.98. The number of unbranched alkanes of at least 4 members (excludes halogenated alkanes) is 2. The van der Waals surface area contributed by atoms with Crippen molar-refractivity contribution in [2.24, 2.45) is 11.8 Å². The summed E-state index contributed by atoms with van der Waals surface area (Å²) < 4.78 is 5.29. The Bertz CT molecular complexity index is 137. The Morgan fingerprint density at radius 3 is 2.25 bits per heavy atom. The van der Waals surface area contributed by atoms with Crippen molar-refractivity contribution in [1.29, 1.82) is 0 Å². The van der Waals surface area contributed by atoms with Gasteiger partial charge in [0.1, 0.15) is 0 Å². The van der Waals surface area contributed by atoms with Crippen LogP contribution in [-0.4, -0.2) is 25.7 Å². The summed E-state index contributed by atoms with van der Waals surface area (Å²) in [6.45, 7) is 5.57. The number of rotatable bonds is 11. The van der Waals surface area contributed by atoms with Crippen LogP contribution in [0.3, 0.4) is 0 Å². The smallest absolute Gasteiger partial charge is 0.0490 e. The van der Waals surface area contributed by atoms with Crippen LogP contribution in [0.4, 0.5) is 0 Å². The Balaban J connectivity index is 3.43. The molecule has 1 nitrogen and oxygen atoms in total. The molecule has 0 rings (SSSR count). The van der Waals surface area contributed by atoms with E-state index in [1.165, 1.54) is 44.3 Å². The van der Waals surface area contributed by atoms with Gasteiger partial charge in [-0.3, -0.25) is 0 Å².